The van der Waals surface area contributed by atoms with Gasteiger partial charge in [0.25, 0.3) is 5.91 Å². The average Bonchev–Trinajstić information content (AvgIpc) is 2.89. The molecule has 1 aliphatic rings. The molecule has 2 unspecified atom stereocenters. The number of halogens is 2. The van der Waals surface area contributed by atoms with Crippen molar-refractivity contribution >= 4 is 51.4 Å². The van der Waals surface area contributed by atoms with Crippen molar-refractivity contribution in [1.29, 1.82) is 5.26 Å². The molecule has 0 aliphatic carbocycles. The molecule has 1 amide bonds. The second-order valence-corrected chi connectivity index (χ2v) is 11.2. The number of hydrogen-bond acceptors (Lipinski definition) is 5. The maximum absolute atomic E-state index is 13.4. The number of carbonyl (C=O) groups is 2. The summed E-state index contributed by atoms with van der Waals surface area (Å²) in [5.74, 6) is -0.726. The van der Waals surface area contributed by atoms with Gasteiger partial charge in [-0.15, -0.1) is 0 Å². The van der Waals surface area contributed by atoms with Crippen LogP contribution in [0.5, 0.6) is 0 Å². The highest BCUT2D eigenvalue weighted by Crippen LogP contribution is 2.29. The largest absolute Gasteiger partial charge is 0.365 e. The minimum absolute atomic E-state index is 0.0617. The van der Waals surface area contributed by atoms with Gasteiger partial charge in [0, 0.05) is 47.0 Å². The highest BCUT2D eigenvalue weighted by atomic mass is 35.5. The number of ketones is 1. The lowest BCUT2D eigenvalue weighted by atomic mass is 10.0. The molecule has 3 aromatic carbocycles. The van der Waals surface area contributed by atoms with Crippen LogP contribution in [0.3, 0.4) is 0 Å². The summed E-state index contributed by atoms with van der Waals surface area (Å²) in [6.07, 6.45) is 0. The second-order valence-electron chi connectivity index (χ2n) is 8.90. The van der Waals surface area contributed by atoms with Crippen molar-refractivity contribution in [3.8, 4) is 6.07 Å². The zero-order valence-corrected chi connectivity index (χ0v) is 22.7. The van der Waals surface area contributed by atoms with Crippen molar-refractivity contribution in [3.63, 3.8) is 0 Å². The standard InChI is InChI=1S/C28H25Cl2N3O3S/c1-18-19(2)33(13-12-32(18)24-5-3-4-23(29)15-24)28(35)22-10-11-27(25(30)14-22)37(36)17-26(34)21-8-6-20(16-31)7-9-21/h3-11,14-15,18-19H,12-13,17H2,1-2H3/t18-,19?,37?/m0/s1. The summed E-state index contributed by atoms with van der Waals surface area (Å²) in [5.41, 5.74) is 2.23. The third kappa shape index (κ3) is 5.88. The Kier molecular flexibility index (Phi) is 8.33. The molecule has 1 fully saturated rings. The fraction of sp³-hybridized carbons (Fsp3) is 0.250. The minimum Gasteiger partial charge on any atom is -0.365 e. The summed E-state index contributed by atoms with van der Waals surface area (Å²) in [7, 11) is -1.69. The summed E-state index contributed by atoms with van der Waals surface area (Å²) >= 11 is 12.6. The Bertz CT molecular complexity index is 1400. The molecule has 0 radical (unpaired) electrons. The van der Waals surface area contributed by atoms with Gasteiger partial charge in [0.05, 0.1) is 38.1 Å². The van der Waals surface area contributed by atoms with Crippen molar-refractivity contribution in [3.05, 3.63) is 93.5 Å². The molecule has 4 rings (SSSR count). The summed E-state index contributed by atoms with van der Waals surface area (Å²) in [4.78, 5) is 30.3. The number of benzene rings is 3. The molecular formula is C28H25Cl2N3O3S. The van der Waals surface area contributed by atoms with Gasteiger partial charge in [0.2, 0.25) is 0 Å². The predicted molar refractivity (Wildman–Crippen MR) is 147 cm³/mol. The van der Waals surface area contributed by atoms with Crippen molar-refractivity contribution < 1.29 is 13.8 Å². The number of anilines is 1. The van der Waals surface area contributed by atoms with Crippen LogP contribution >= 0.6 is 23.2 Å². The molecule has 0 bridgehead atoms. The molecule has 0 aromatic heterocycles. The van der Waals surface area contributed by atoms with Crippen LogP contribution in [0.1, 0.15) is 40.1 Å². The van der Waals surface area contributed by atoms with Gasteiger partial charge in [0.15, 0.2) is 5.78 Å². The number of Topliss-reactive ketones (excluding diaryl/α,β-unsaturated/α-hetero) is 1. The lowest BCUT2D eigenvalue weighted by Gasteiger charge is -2.46. The Morgan fingerprint density at radius 3 is 2.32 bits per heavy atom. The molecule has 37 heavy (non-hydrogen) atoms. The van der Waals surface area contributed by atoms with Gasteiger partial charge in [0.1, 0.15) is 0 Å². The lowest BCUT2D eigenvalue weighted by Crippen LogP contribution is -2.59. The normalized spacial score (nSPS) is 18.2. The monoisotopic (exact) mass is 553 g/mol. The van der Waals surface area contributed by atoms with E-state index in [-0.39, 0.29) is 34.5 Å². The van der Waals surface area contributed by atoms with E-state index in [1.165, 1.54) is 18.2 Å². The van der Waals surface area contributed by atoms with E-state index in [0.717, 1.165) is 5.69 Å². The highest BCUT2D eigenvalue weighted by Gasteiger charge is 2.34. The van der Waals surface area contributed by atoms with Crippen molar-refractivity contribution in [1.82, 2.24) is 4.90 Å². The van der Waals surface area contributed by atoms with Crippen LogP contribution in [-0.2, 0) is 10.8 Å². The first-order chi connectivity index (χ1) is 17.7. The van der Waals surface area contributed by atoms with Gasteiger partial charge in [-0.2, -0.15) is 5.26 Å². The summed E-state index contributed by atoms with van der Waals surface area (Å²) in [6, 6.07) is 20.5. The predicted octanol–water partition coefficient (Wildman–Crippen LogP) is 5.59. The second kappa shape index (κ2) is 11.5. The lowest BCUT2D eigenvalue weighted by molar-refractivity contribution is 0.0634. The van der Waals surface area contributed by atoms with Crippen molar-refractivity contribution in [2.24, 2.45) is 0 Å². The van der Waals surface area contributed by atoms with Crippen LogP contribution in [0, 0.1) is 11.3 Å². The number of nitriles is 1. The molecule has 1 aliphatic heterocycles. The first kappa shape index (κ1) is 26.9. The molecule has 0 saturated carbocycles. The van der Waals surface area contributed by atoms with E-state index in [1.54, 1.807) is 24.3 Å². The number of rotatable bonds is 6. The maximum Gasteiger partial charge on any atom is 0.254 e. The number of nitrogens with zero attached hydrogens (tertiary/aromatic N) is 3. The van der Waals surface area contributed by atoms with Crippen molar-refractivity contribution in [2.75, 3.05) is 23.7 Å². The first-order valence-electron chi connectivity index (χ1n) is 11.7. The van der Waals surface area contributed by atoms with Crippen LogP contribution < -0.4 is 4.90 Å². The SMILES string of the molecule is CC1[C@H](C)N(c2cccc(Cl)c2)CCN1C(=O)c1ccc(S(=O)CC(=O)c2ccc(C#N)cc2)c(Cl)c1. The molecule has 9 heteroatoms. The summed E-state index contributed by atoms with van der Waals surface area (Å²) in [6.45, 7) is 5.28. The third-order valence-electron chi connectivity index (χ3n) is 6.69. The summed E-state index contributed by atoms with van der Waals surface area (Å²) in [5, 5.41) is 9.74. The van der Waals surface area contributed by atoms with Gasteiger partial charge in [-0.1, -0.05) is 41.4 Å². The molecule has 0 N–H and O–H groups in total. The molecule has 1 heterocycles. The molecular weight excluding hydrogens is 529 g/mol. The quantitative estimate of drug-likeness (QED) is 0.371. The summed E-state index contributed by atoms with van der Waals surface area (Å²) < 4.78 is 12.9. The van der Waals surface area contributed by atoms with E-state index in [0.29, 0.717) is 39.7 Å². The van der Waals surface area contributed by atoms with Crippen LogP contribution in [0.4, 0.5) is 5.69 Å². The smallest absolute Gasteiger partial charge is 0.254 e. The Labute approximate surface area is 228 Å². The van der Waals surface area contributed by atoms with Crippen LogP contribution in [0.15, 0.2) is 71.6 Å². The molecule has 3 atom stereocenters. The molecule has 3 aromatic rings. The van der Waals surface area contributed by atoms with Crippen molar-refractivity contribution in [2.45, 2.75) is 30.8 Å². The average molecular weight is 554 g/mol. The topological polar surface area (TPSA) is 81.5 Å². The third-order valence-corrected chi connectivity index (χ3v) is 8.72. The van der Waals surface area contributed by atoms with Gasteiger partial charge in [-0.3, -0.25) is 13.8 Å². The zero-order valence-electron chi connectivity index (χ0n) is 20.4. The van der Waals surface area contributed by atoms with Gasteiger partial charge >= 0.3 is 0 Å². The zero-order chi connectivity index (χ0) is 26.7. The fourth-order valence-corrected chi connectivity index (χ4v) is 6.12. The number of piperazine rings is 1. The minimum atomic E-state index is -1.69. The van der Waals surface area contributed by atoms with E-state index >= 15 is 0 Å². The number of amides is 1. The van der Waals surface area contributed by atoms with Gasteiger partial charge in [-0.25, -0.2) is 0 Å². The van der Waals surface area contributed by atoms with E-state index in [1.807, 2.05) is 42.2 Å². The number of carbonyl (C=O) groups excluding carboxylic acids is 2. The fourth-order valence-electron chi connectivity index (χ4n) is 4.44. The van der Waals surface area contributed by atoms with Gasteiger partial charge < -0.3 is 9.80 Å². The van der Waals surface area contributed by atoms with E-state index in [9.17, 15) is 13.8 Å². The maximum atomic E-state index is 13.4. The Morgan fingerprint density at radius 1 is 0.973 bits per heavy atom. The van der Waals surface area contributed by atoms with Crippen LogP contribution in [-0.4, -0.2) is 51.7 Å². The molecule has 0 spiro atoms. The van der Waals surface area contributed by atoms with E-state index < -0.39 is 10.8 Å². The first-order valence-corrected chi connectivity index (χ1v) is 13.8. The number of hydrogen-bond donors (Lipinski definition) is 0. The Morgan fingerprint density at radius 2 is 1.68 bits per heavy atom. The Balaban J connectivity index is 1.44. The van der Waals surface area contributed by atoms with Crippen LogP contribution in [0.25, 0.3) is 0 Å². The van der Waals surface area contributed by atoms with Crippen LogP contribution in [0.2, 0.25) is 10.0 Å². The Hall–Kier alpha value is -3.18. The highest BCUT2D eigenvalue weighted by molar-refractivity contribution is 7.86. The van der Waals surface area contributed by atoms with Gasteiger partial charge in [-0.05, 0) is 62.4 Å². The van der Waals surface area contributed by atoms with E-state index in [2.05, 4.69) is 11.8 Å². The molecule has 190 valence electrons. The molecule has 1 saturated heterocycles. The van der Waals surface area contributed by atoms with E-state index in [4.69, 9.17) is 28.5 Å². The molecule has 6 nitrogen and oxygen atoms in total.